The van der Waals surface area contributed by atoms with Gasteiger partial charge in [-0.1, -0.05) is 0 Å². The van der Waals surface area contributed by atoms with E-state index in [0.717, 1.165) is 26.2 Å². The largest absolute Gasteiger partial charge is 0.338 e. The van der Waals surface area contributed by atoms with Crippen molar-refractivity contribution in [2.24, 2.45) is 0 Å². The fraction of sp³-hybridized carbons (Fsp3) is 0.500. The minimum atomic E-state index is -0.426. The normalized spacial score (nSPS) is 21.1. The molecule has 24 heavy (non-hydrogen) atoms. The summed E-state index contributed by atoms with van der Waals surface area (Å²) in [5.74, 6) is 0.244. The molecule has 2 saturated heterocycles. The van der Waals surface area contributed by atoms with Crippen LogP contribution < -0.4 is 10.2 Å². The highest BCUT2D eigenvalue weighted by Gasteiger charge is 2.30. The summed E-state index contributed by atoms with van der Waals surface area (Å²) in [6.45, 7) is 8.10. The summed E-state index contributed by atoms with van der Waals surface area (Å²) in [5, 5.41) is 2.25. The third-order valence-corrected chi connectivity index (χ3v) is 4.40. The lowest BCUT2D eigenvalue weighted by Crippen LogP contribution is -2.49. The molecule has 0 radical (unpaired) electrons. The molecule has 3 amide bonds. The molecule has 128 valence electrons. The molecule has 0 spiro atoms. The maximum Gasteiger partial charge on any atom is 0.328 e. The van der Waals surface area contributed by atoms with E-state index >= 15 is 0 Å². The molecule has 0 unspecified atom stereocenters. The van der Waals surface area contributed by atoms with Crippen molar-refractivity contribution in [2.45, 2.75) is 19.9 Å². The first-order valence-electron chi connectivity index (χ1n) is 8.08. The van der Waals surface area contributed by atoms with Crippen molar-refractivity contribution in [1.29, 1.82) is 0 Å². The summed E-state index contributed by atoms with van der Waals surface area (Å²) in [4.78, 5) is 38.0. The Labute approximate surface area is 141 Å². The number of imide groups is 1. The number of amides is 3. The Balaban J connectivity index is 1.76. The smallest absolute Gasteiger partial charge is 0.328 e. The fourth-order valence-corrected chi connectivity index (χ4v) is 2.84. The van der Waals surface area contributed by atoms with Gasteiger partial charge in [-0.25, -0.2) is 14.8 Å². The molecule has 0 bridgehead atoms. The standard InChI is InChI=1S/C16H22N6O2/c1-11(2)21-6-8-22(9-7-21)15-17-5-4-12(18-15)10-13-14(23)19-16(24)20(13)3/h4-5,10-11H,6-9H2,1-3H3,(H,19,23,24). The average Bonchev–Trinajstić information content (AvgIpc) is 2.81. The van der Waals surface area contributed by atoms with E-state index in [9.17, 15) is 9.59 Å². The van der Waals surface area contributed by atoms with Crippen LogP contribution in [0.4, 0.5) is 10.7 Å². The van der Waals surface area contributed by atoms with E-state index in [4.69, 9.17) is 0 Å². The Bertz CT molecular complexity index is 679. The molecule has 1 N–H and O–H groups in total. The van der Waals surface area contributed by atoms with E-state index in [-0.39, 0.29) is 5.70 Å². The van der Waals surface area contributed by atoms with Gasteiger partial charge in [-0.05, 0) is 26.0 Å². The van der Waals surface area contributed by atoms with Crippen molar-refractivity contribution in [2.75, 3.05) is 38.1 Å². The SMILES string of the molecule is CC(C)N1CCN(c2nccc(C=C3C(=O)NC(=O)N3C)n2)CC1. The van der Waals surface area contributed by atoms with Gasteiger partial charge in [0, 0.05) is 45.5 Å². The predicted octanol–water partition coefficient (Wildman–Crippen LogP) is 0.529. The molecule has 2 aliphatic rings. The second-order valence-corrected chi connectivity index (χ2v) is 6.25. The number of nitrogens with zero attached hydrogens (tertiary/aromatic N) is 5. The van der Waals surface area contributed by atoms with Crippen LogP contribution in [0.5, 0.6) is 0 Å². The molecular weight excluding hydrogens is 308 g/mol. The van der Waals surface area contributed by atoms with Gasteiger partial charge < -0.3 is 4.90 Å². The lowest BCUT2D eigenvalue weighted by atomic mass is 10.2. The third-order valence-electron chi connectivity index (χ3n) is 4.40. The van der Waals surface area contributed by atoms with Gasteiger partial charge in [-0.3, -0.25) is 19.9 Å². The number of rotatable bonds is 3. The van der Waals surface area contributed by atoms with Crippen LogP contribution in [0, 0.1) is 0 Å². The van der Waals surface area contributed by atoms with Crippen LogP contribution in [0.2, 0.25) is 0 Å². The van der Waals surface area contributed by atoms with Crippen LogP contribution in [0.15, 0.2) is 18.0 Å². The van der Waals surface area contributed by atoms with Crippen LogP contribution in [-0.4, -0.2) is 71.0 Å². The quantitative estimate of drug-likeness (QED) is 0.643. The summed E-state index contributed by atoms with van der Waals surface area (Å²) in [6, 6.07) is 1.84. The topological polar surface area (TPSA) is 81.7 Å². The molecule has 8 nitrogen and oxygen atoms in total. The summed E-state index contributed by atoms with van der Waals surface area (Å²) in [7, 11) is 1.55. The van der Waals surface area contributed by atoms with Crippen LogP contribution in [-0.2, 0) is 4.79 Å². The van der Waals surface area contributed by atoms with Gasteiger partial charge in [0.25, 0.3) is 5.91 Å². The van der Waals surface area contributed by atoms with Gasteiger partial charge in [-0.15, -0.1) is 0 Å². The molecule has 3 rings (SSSR count). The van der Waals surface area contributed by atoms with Crippen molar-refractivity contribution in [3.8, 4) is 0 Å². The highest BCUT2D eigenvalue weighted by molar-refractivity contribution is 6.13. The third kappa shape index (κ3) is 3.23. The second kappa shape index (κ2) is 6.56. The van der Waals surface area contributed by atoms with E-state index in [1.54, 1.807) is 25.4 Å². The molecule has 8 heteroatoms. The van der Waals surface area contributed by atoms with E-state index in [1.807, 2.05) is 0 Å². The first-order chi connectivity index (χ1) is 11.5. The van der Waals surface area contributed by atoms with Crippen LogP contribution in [0.25, 0.3) is 6.08 Å². The number of piperazine rings is 1. The number of hydrogen-bond acceptors (Lipinski definition) is 6. The number of aromatic nitrogens is 2. The molecule has 2 fully saturated rings. The van der Waals surface area contributed by atoms with Gasteiger partial charge in [0.2, 0.25) is 5.95 Å². The van der Waals surface area contributed by atoms with Crippen LogP contribution in [0.1, 0.15) is 19.5 Å². The van der Waals surface area contributed by atoms with Gasteiger partial charge in [0.05, 0.1) is 5.69 Å². The highest BCUT2D eigenvalue weighted by atomic mass is 16.2. The Morgan fingerprint density at radius 2 is 1.92 bits per heavy atom. The molecule has 0 atom stereocenters. The molecule has 0 aliphatic carbocycles. The number of nitrogens with one attached hydrogen (secondary N) is 1. The Morgan fingerprint density at radius 1 is 1.21 bits per heavy atom. The van der Waals surface area contributed by atoms with Gasteiger partial charge in [0.1, 0.15) is 5.70 Å². The maximum atomic E-state index is 11.8. The lowest BCUT2D eigenvalue weighted by Gasteiger charge is -2.36. The van der Waals surface area contributed by atoms with Crippen molar-refractivity contribution in [1.82, 2.24) is 25.1 Å². The predicted molar refractivity (Wildman–Crippen MR) is 90.2 cm³/mol. The zero-order chi connectivity index (χ0) is 17.3. The maximum absolute atomic E-state index is 11.8. The van der Waals surface area contributed by atoms with Crippen molar-refractivity contribution in [3.63, 3.8) is 0 Å². The number of carbonyl (C=O) groups is 2. The number of anilines is 1. The minimum Gasteiger partial charge on any atom is -0.338 e. The van der Waals surface area contributed by atoms with E-state index in [1.165, 1.54) is 4.90 Å². The van der Waals surface area contributed by atoms with Crippen molar-refractivity contribution in [3.05, 3.63) is 23.7 Å². The Hall–Kier alpha value is -2.48. The van der Waals surface area contributed by atoms with E-state index < -0.39 is 11.9 Å². The van der Waals surface area contributed by atoms with Crippen LogP contribution >= 0.6 is 0 Å². The lowest BCUT2D eigenvalue weighted by molar-refractivity contribution is -0.115. The number of likely N-dealkylation sites (N-methyl/N-ethyl adjacent to an activating group) is 1. The molecule has 0 aromatic carbocycles. The van der Waals surface area contributed by atoms with Crippen molar-refractivity contribution >= 4 is 24.0 Å². The molecule has 3 heterocycles. The first kappa shape index (κ1) is 16.4. The second-order valence-electron chi connectivity index (χ2n) is 6.25. The number of carbonyl (C=O) groups excluding carboxylic acids is 2. The average molecular weight is 330 g/mol. The Morgan fingerprint density at radius 3 is 2.50 bits per heavy atom. The monoisotopic (exact) mass is 330 g/mol. The van der Waals surface area contributed by atoms with Gasteiger partial charge in [0.15, 0.2) is 0 Å². The van der Waals surface area contributed by atoms with Gasteiger partial charge >= 0.3 is 6.03 Å². The Kier molecular flexibility index (Phi) is 4.48. The minimum absolute atomic E-state index is 0.286. The summed E-state index contributed by atoms with van der Waals surface area (Å²) >= 11 is 0. The molecule has 1 aromatic rings. The first-order valence-corrected chi connectivity index (χ1v) is 8.08. The summed E-state index contributed by atoms with van der Waals surface area (Å²) in [5.41, 5.74) is 0.896. The molecule has 0 saturated carbocycles. The zero-order valence-corrected chi connectivity index (χ0v) is 14.2. The number of urea groups is 1. The molecular formula is C16H22N6O2. The summed E-state index contributed by atoms with van der Waals surface area (Å²) < 4.78 is 0. The zero-order valence-electron chi connectivity index (χ0n) is 14.2. The molecule has 1 aromatic heterocycles. The fourth-order valence-electron chi connectivity index (χ4n) is 2.84. The van der Waals surface area contributed by atoms with Crippen molar-refractivity contribution < 1.29 is 9.59 Å². The number of hydrogen-bond donors (Lipinski definition) is 1. The van der Waals surface area contributed by atoms with E-state index in [2.05, 4.69) is 38.9 Å². The molecule has 2 aliphatic heterocycles. The summed E-state index contributed by atoms with van der Waals surface area (Å²) in [6.07, 6.45) is 3.29. The van der Waals surface area contributed by atoms with Gasteiger partial charge in [-0.2, -0.15) is 0 Å². The van der Waals surface area contributed by atoms with Crippen LogP contribution in [0.3, 0.4) is 0 Å². The van der Waals surface area contributed by atoms with E-state index in [0.29, 0.717) is 17.7 Å². The highest BCUT2D eigenvalue weighted by Crippen LogP contribution is 2.17.